The normalized spacial score (nSPS) is 17.9. The fourth-order valence-electron chi connectivity index (χ4n) is 2.82. The lowest BCUT2D eigenvalue weighted by Crippen LogP contribution is -2.33. The number of benzene rings is 2. The maximum Gasteiger partial charge on any atom is 0.144 e. The van der Waals surface area contributed by atoms with E-state index in [0.29, 0.717) is 11.4 Å². The number of para-hydroxylation sites is 1. The molecule has 3 rings (SSSR count). The molecule has 1 unspecified atom stereocenters. The van der Waals surface area contributed by atoms with E-state index >= 15 is 0 Å². The molecule has 1 atom stereocenters. The van der Waals surface area contributed by atoms with E-state index in [1.54, 1.807) is 0 Å². The topological polar surface area (TPSA) is 29.3 Å². The van der Waals surface area contributed by atoms with Crippen LogP contribution in [0.1, 0.15) is 18.9 Å². The molecule has 1 heterocycles. The Kier molecular flexibility index (Phi) is 3.30. The Morgan fingerprint density at radius 1 is 1.25 bits per heavy atom. The van der Waals surface area contributed by atoms with Gasteiger partial charge in [0.1, 0.15) is 5.82 Å². The summed E-state index contributed by atoms with van der Waals surface area (Å²) in [7, 11) is 0. The average molecular weight is 291 g/mol. The number of hydrogen-bond donors (Lipinski definition) is 1. The Bertz CT molecular complexity index is 657. The van der Waals surface area contributed by atoms with Crippen LogP contribution >= 0.6 is 11.6 Å². The molecule has 0 radical (unpaired) electrons. The van der Waals surface area contributed by atoms with Crippen molar-refractivity contribution in [2.75, 3.05) is 10.6 Å². The van der Waals surface area contributed by atoms with Crippen LogP contribution < -0.4 is 10.6 Å². The van der Waals surface area contributed by atoms with Gasteiger partial charge in [0.2, 0.25) is 0 Å². The van der Waals surface area contributed by atoms with Gasteiger partial charge in [-0.1, -0.05) is 29.8 Å². The average Bonchev–Trinajstić information content (AvgIpc) is 2.43. The second-order valence-electron chi connectivity index (χ2n) is 5.21. The van der Waals surface area contributed by atoms with E-state index in [1.165, 1.54) is 17.7 Å². The highest BCUT2D eigenvalue weighted by molar-refractivity contribution is 6.31. The van der Waals surface area contributed by atoms with Crippen LogP contribution in [0.2, 0.25) is 5.02 Å². The molecule has 4 heteroatoms. The number of nitrogens with two attached hydrogens (primary N) is 1. The van der Waals surface area contributed by atoms with Crippen molar-refractivity contribution in [2.45, 2.75) is 25.8 Å². The minimum absolute atomic E-state index is 0.0594. The van der Waals surface area contributed by atoms with Gasteiger partial charge in [0.25, 0.3) is 0 Å². The molecule has 0 amide bonds. The van der Waals surface area contributed by atoms with Crippen LogP contribution in [0.15, 0.2) is 36.4 Å². The maximum absolute atomic E-state index is 13.8. The summed E-state index contributed by atoms with van der Waals surface area (Å²) in [6, 6.07) is 11.4. The molecule has 2 N–H and O–H groups in total. The fraction of sp³-hybridized carbons (Fsp3) is 0.250. The summed E-state index contributed by atoms with van der Waals surface area (Å²) in [5, 5.41) is 0.0594. The third kappa shape index (κ3) is 2.12. The highest BCUT2D eigenvalue weighted by atomic mass is 35.5. The molecule has 2 nitrogen and oxygen atoms in total. The van der Waals surface area contributed by atoms with E-state index in [1.807, 2.05) is 12.1 Å². The number of fused-ring (bicyclic) bond motifs is 1. The number of anilines is 3. The Balaban J connectivity index is 2.16. The Labute approximate surface area is 123 Å². The second-order valence-corrected chi connectivity index (χ2v) is 5.62. The summed E-state index contributed by atoms with van der Waals surface area (Å²) in [6.45, 7) is 2.13. The lowest BCUT2D eigenvalue weighted by Gasteiger charge is -2.37. The minimum Gasteiger partial charge on any atom is -0.397 e. The van der Waals surface area contributed by atoms with Crippen LogP contribution in [-0.2, 0) is 6.42 Å². The van der Waals surface area contributed by atoms with Crippen molar-refractivity contribution in [1.29, 1.82) is 0 Å². The number of halogens is 2. The van der Waals surface area contributed by atoms with Crippen molar-refractivity contribution >= 4 is 28.7 Å². The quantitative estimate of drug-likeness (QED) is 0.782. The number of nitrogen functional groups attached to an aromatic ring is 1. The van der Waals surface area contributed by atoms with Crippen LogP contribution in [0.3, 0.4) is 0 Å². The van der Waals surface area contributed by atoms with Gasteiger partial charge in [-0.15, -0.1) is 0 Å². The van der Waals surface area contributed by atoms with E-state index in [0.717, 1.165) is 18.5 Å². The van der Waals surface area contributed by atoms with Crippen LogP contribution in [0, 0.1) is 5.82 Å². The SMILES string of the molecule is CC1CCc2ccccc2N1c1cc(F)c(Cl)cc1N. The maximum atomic E-state index is 13.8. The zero-order valence-electron chi connectivity index (χ0n) is 11.2. The molecular weight excluding hydrogens is 275 g/mol. The molecule has 0 aromatic heterocycles. The first-order valence-electron chi connectivity index (χ1n) is 6.69. The highest BCUT2D eigenvalue weighted by Crippen LogP contribution is 2.40. The summed E-state index contributed by atoms with van der Waals surface area (Å²) >= 11 is 5.79. The number of rotatable bonds is 1. The van der Waals surface area contributed by atoms with Crippen LogP contribution in [0.25, 0.3) is 0 Å². The van der Waals surface area contributed by atoms with E-state index in [4.69, 9.17) is 17.3 Å². The first-order chi connectivity index (χ1) is 9.58. The molecule has 20 heavy (non-hydrogen) atoms. The number of nitrogens with zero attached hydrogens (tertiary/aromatic N) is 1. The van der Waals surface area contributed by atoms with Crippen LogP contribution in [0.5, 0.6) is 0 Å². The third-order valence-electron chi connectivity index (χ3n) is 3.85. The standard InChI is InChI=1S/C16H16ClFN2/c1-10-6-7-11-4-2-3-5-15(11)20(10)16-9-13(18)12(17)8-14(16)19/h2-5,8-10H,6-7,19H2,1H3. The molecule has 1 aliphatic rings. The first kappa shape index (κ1) is 13.3. The fourth-order valence-corrected chi connectivity index (χ4v) is 2.99. The summed E-state index contributed by atoms with van der Waals surface area (Å²) in [4.78, 5) is 2.10. The third-order valence-corrected chi connectivity index (χ3v) is 4.14. The van der Waals surface area contributed by atoms with Crippen molar-refractivity contribution in [3.05, 3.63) is 52.8 Å². The predicted octanol–water partition coefficient (Wildman–Crippen LogP) is 4.53. The smallest absolute Gasteiger partial charge is 0.144 e. The molecule has 104 valence electrons. The Hall–Kier alpha value is -1.74. The molecular formula is C16H16ClFN2. The van der Waals surface area contributed by atoms with Crippen LogP contribution in [0.4, 0.5) is 21.5 Å². The van der Waals surface area contributed by atoms with Gasteiger partial charge in [-0.2, -0.15) is 0 Å². The summed E-state index contributed by atoms with van der Waals surface area (Å²) in [5.74, 6) is -0.439. The van der Waals surface area contributed by atoms with Gasteiger partial charge in [-0.05, 0) is 37.5 Å². The predicted molar refractivity (Wildman–Crippen MR) is 82.2 cm³/mol. The molecule has 1 aliphatic heterocycles. The first-order valence-corrected chi connectivity index (χ1v) is 7.07. The molecule has 0 saturated heterocycles. The zero-order chi connectivity index (χ0) is 14.3. The molecule has 0 bridgehead atoms. The van der Waals surface area contributed by atoms with Crippen molar-refractivity contribution in [3.63, 3.8) is 0 Å². The molecule has 0 fully saturated rings. The molecule has 0 aliphatic carbocycles. The van der Waals surface area contributed by atoms with Crippen molar-refractivity contribution in [3.8, 4) is 0 Å². The van der Waals surface area contributed by atoms with E-state index in [9.17, 15) is 4.39 Å². The van der Waals surface area contributed by atoms with Gasteiger partial charge in [-0.25, -0.2) is 4.39 Å². The van der Waals surface area contributed by atoms with Gasteiger partial charge in [-0.3, -0.25) is 0 Å². The van der Waals surface area contributed by atoms with Crippen molar-refractivity contribution < 1.29 is 4.39 Å². The van der Waals surface area contributed by atoms with Gasteiger partial charge in [0, 0.05) is 17.8 Å². The zero-order valence-corrected chi connectivity index (χ0v) is 12.0. The van der Waals surface area contributed by atoms with E-state index in [2.05, 4.69) is 24.0 Å². The Morgan fingerprint density at radius 2 is 2.00 bits per heavy atom. The van der Waals surface area contributed by atoms with Gasteiger partial charge < -0.3 is 10.6 Å². The highest BCUT2D eigenvalue weighted by Gasteiger charge is 2.26. The van der Waals surface area contributed by atoms with E-state index in [-0.39, 0.29) is 11.1 Å². The molecule has 0 spiro atoms. The molecule has 0 saturated carbocycles. The number of hydrogen-bond acceptors (Lipinski definition) is 2. The van der Waals surface area contributed by atoms with Gasteiger partial charge in [0.05, 0.1) is 16.4 Å². The summed E-state index contributed by atoms with van der Waals surface area (Å²) in [5.41, 5.74) is 9.60. The monoisotopic (exact) mass is 290 g/mol. The van der Waals surface area contributed by atoms with Crippen LogP contribution in [-0.4, -0.2) is 6.04 Å². The molecule has 2 aromatic rings. The Morgan fingerprint density at radius 3 is 2.80 bits per heavy atom. The van der Waals surface area contributed by atoms with E-state index < -0.39 is 5.82 Å². The van der Waals surface area contributed by atoms with Crippen molar-refractivity contribution in [2.24, 2.45) is 0 Å². The minimum atomic E-state index is -0.439. The van der Waals surface area contributed by atoms with Crippen molar-refractivity contribution in [1.82, 2.24) is 0 Å². The summed E-state index contributed by atoms with van der Waals surface area (Å²) in [6.07, 6.45) is 2.05. The lowest BCUT2D eigenvalue weighted by atomic mass is 9.95. The second kappa shape index (κ2) is 4.98. The van der Waals surface area contributed by atoms with Gasteiger partial charge >= 0.3 is 0 Å². The largest absolute Gasteiger partial charge is 0.397 e. The summed E-state index contributed by atoms with van der Waals surface area (Å²) < 4.78 is 13.8. The number of aryl methyl sites for hydroxylation is 1. The lowest BCUT2D eigenvalue weighted by molar-refractivity contribution is 0.608. The molecule has 2 aromatic carbocycles. The van der Waals surface area contributed by atoms with Gasteiger partial charge in [0.15, 0.2) is 0 Å².